The van der Waals surface area contributed by atoms with Crippen molar-refractivity contribution in [2.75, 3.05) is 0 Å². The van der Waals surface area contributed by atoms with Crippen LogP contribution in [0.15, 0.2) is 53.4 Å². The minimum atomic E-state index is -3.86. The van der Waals surface area contributed by atoms with Crippen molar-refractivity contribution in [2.24, 2.45) is 0 Å². The number of hydrogen-bond donors (Lipinski definition) is 2. The predicted octanol–water partition coefficient (Wildman–Crippen LogP) is 2.76. The summed E-state index contributed by atoms with van der Waals surface area (Å²) in [5.74, 6) is -1.23. The summed E-state index contributed by atoms with van der Waals surface area (Å²) in [4.78, 5) is 10.7. The maximum absolute atomic E-state index is 12.0. The van der Waals surface area contributed by atoms with Crippen LogP contribution >= 0.6 is 11.6 Å². The number of rotatable bonds is 5. The largest absolute Gasteiger partial charge is 0.480 e. The molecule has 0 saturated carbocycles. The fraction of sp³-hybridized carbons (Fsp3) is 0.133. The zero-order valence-electron chi connectivity index (χ0n) is 11.7. The maximum atomic E-state index is 12.0. The Morgan fingerprint density at radius 1 is 1.05 bits per heavy atom. The first-order chi connectivity index (χ1) is 10.3. The second kappa shape index (κ2) is 6.48. The highest BCUT2D eigenvalue weighted by atomic mass is 35.5. The maximum Gasteiger partial charge on any atom is 0.321 e. The molecule has 0 fully saturated rings. The third kappa shape index (κ3) is 3.85. The highest BCUT2D eigenvalue weighted by molar-refractivity contribution is 7.89. The Morgan fingerprint density at radius 2 is 1.50 bits per heavy atom. The number of aliphatic carboxylic acids is 1. The summed E-state index contributed by atoms with van der Waals surface area (Å²) < 4.78 is 26.2. The van der Waals surface area contributed by atoms with Crippen molar-refractivity contribution in [3.05, 3.63) is 53.6 Å². The number of hydrogen-bond acceptors (Lipinski definition) is 3. The highest BCUT2D eigenvalue weighted by Crippen LogP contribution is 2.23. The average molecular weight is 340 g/mol. The molecule has 0 saturated heterocycles. The van der Waals surface area contributed by atoms with Crippen molar-refractivity contribution >= 4 is 27.6 Å². The number of carboxylic acids is 1. The van der Waals surface area contributed by atoms with E-state index in [9.17, 15) is 13.2 Å². The van der Waals surface area contributed by atoms with E-state index in [-0.39, 0.29) is 4.90 Å². The molecule has 116 valence electrons. The van der Waals surface area contributed by atoms with E-state index in [0.717, 1.165) is 11.1 Å². The third-order valence-corrected chi connectivity index (χ3v) is 4.85. The van der Waals surface area contributed by atoms with E-state index >= 15 is 0 Å². The van der Waals surface area contributed by atoms with Crippen LogP contribution in [0.25, 0.3) is 11.1 Å². The van der Waals surface area contributed by atoms with E-state index in [2.05, 4.69) is 4.72 Å². The molecule has 2 N–H and O–H groups in total. The Bertz CT molecular complexity index is 770. The van der Waals surface area contributed by atoms with Crippen molar-refractivity contribution in [2.45, 2.75) is 17.9 Å². The van der Waals surface area contributed by atoms with E-state index < -0.39 is 22.0 Å². The SMILES string of the molecule is C[C@@H](NS(=O)(=O)c1ccc(-c2ccc(Cl)cc2)cc1)C(=O)O. The van der Waals surface area contributed by atoms with Gasteiger partial charge < -0.3 is 5.11 Å². The Kier molecular flexibility index (Phi) is 4.85. The Hall–Kier alpha value is -1.89. The van der Waals surface area contributed by atoms with Crippen molar-refractivity contribution in [1.82, 2.24) is 4.72 Å². The van der Waals surface area contributed by atoms with Gasteiger partial charge >= 0.3 is 5.97 Å². The van der Waals surface area contributed by atoms with Gasteiger partial charge in [0.25, 0.3) is 0 Å². The van der Waals surface area contributed by atoms with Crippen molar-refractivity contribution < 1.29 is 18.3 Å². The number of benzene rings is 2. The van der Waals surface area contributed by atoms with Gasteiger partial charge in [0.05, 0.1) is 4.90 Å². The quantitative estimate of drug-likeness (QED) is 0.877. The van der Waals surface area contributed by atoms with Crippen LogP contribution in [-0.4, -0.2) is 25.5 Å². The first-order valence-corrected chi connectivity index (χ1v) is 8.27. The number of carbonyl (C=O) groups is 1. The lowest BCUT2D eigenvalue weighted by Gasteiger charge is -2.10. The lowest BCUT2D eigenvalue weighted by molar-refractivity contribution is -0.138. The van der Waals surface area contributed by atoms with Crippen molar-refractivity contribution in [1.29, 1.82) is 0 Å². The van der Waals surface area contributed by atoms with Gasteiger partial charge in [0, 0.05) is 5.02 Å². The standard InChI is InChI=1S/C15H14ClNO4S/c1-10(15(18)19)17-22(20,21)14-8-4-12(5-9-14)11-2-6-13(16)7-3-11/h2-10,17H,1H3,(H,18,19)/t10-/m1/s1. The van der Waals surface area contributed by atoms with Crippen LogP contribution in [-0.2, 0) is 14.8 Å². The molecule has 0 aliphatic carbocycles. The van der Waals surface area contributed by atoms with Crippen LogP contribution in [0.3, 0.4) is 0 Å². The molecule has 0 unspecified atom stereocenters. The van der Waals surface area contributed by atoms with Crippen LogP contribution in [0.1, 0.15) is 6.92 Å². The van der Waals surface area contributed by atoms with Crippen LogP contribution in [0.2, 0.25) is 5.02 Å². The van der Waals surface area contributed by atoms with Gasteiger partial charge in [0.2, 0.25) is 10.0 Å². The second-order valence-electron chi connectivity index (χ2n) is 4.71. The number of carboxylic acid groups (broad SMARTS) is 1. The summed E-state index contributed by atoms with van der Waals surface area (Å²) in [7, 11) is -3.86. The normalized spacial score (nSPS) is 12.8. The van der Waals surface area contributed by atoms with Gasteiger partial charge in [-0.15, -0.1) is 0 Å². The zero-order chi connectivity index (χ0) is 16.3. The molecule has 2 rings (SSSR count). The molecular weight excluding hydrogens is 326 g/mol. The second-order valence-corrected chi connectivity index (χ2v) is 6.86. The van der Waals surface area contributed by atoms with Crippen LogP contribution < -0.4 is 4.72 Å². The van der Waals surface area contributed by atoms with Gasteiger partial charge in [-0.2, -0.15) is 4.72 Å². The van der Waals surface area contributed by atoms with Gasteiger partial charge in [-0.05, 0) is 42.3 Å². The van der Waals surface area contributed by atoms with E-state index in [4.69, 9.17) is 16.7 Å². The molecule has 0 spiro atoms. The van der Waals surface area contributed by atoms with Gasteiger partial charge in [0.15, 0.2) is 0 Å². The molecular formula is C15H14ClNO4S. The Balaban J connectivity index is 2.25. The van der Waals surface area contributed by atoms with Gasteiger partial charge in [-0.1, -0.05) is 35.9 Å². The van der Waals surface area contributed by atoms with Gasteiger partial charge in [0.1, 0.15) is 6.04 Å². The highest BCUT2D eigenvalue weighted by Gasteiger charge is 2.21. The van der Waals surface area contributed by atoms with Crippen molar-refractivity contribution in [3.8, 4) is 11.1 Å². The molecule has 5 nitrogen and oxygen atoms in total. The third-order valence-electron chi connectivity index (χ3n) is 3.04. The van der Waals surface area contributed by atoms with E-state index in [1.165, 1.54) is 19.1 Å². The Labute approximate surface area is 133 Å². The van der Waals surface area contributed by atoms with Gasteiger partial charge in [-0.3, -0.25) is 4.79 Å². The van der Waals surface area contributed by atoms with E-state index in [1.807, 2.05) is 12.1 Å². The molecule has 7 heteroatoms. The molecule has 0 aromatic heterocycles. The van der Waals surface area contributed by atoms with Crippen LogP contribution in [0.5, 0.6) is 0 Å². The smallest absolute Gasteiger partial charge is 0.321 e. The van der Waals surface area contributed by atoms with Crippen LogP contribution in [0, 0.1) is 0 Å². The van der Waals surface area contributed by atoms with Crippen molar-refractivity contribution in [3.63, 3.8) is 0 Å². The molecule has 0 aliphatic heterocycles. The number of sulfonamides is 1. The molecule has 2 aromatic rings. The predicted molar refractivity (Wildman–Crippen MR) is 84.3 cm³/mol. The van der Waals surface area contributed by atoms with Crippen LogP contribution in [0.4, 0.5) is 0 Å². The van der Waals surface area contributed by atoms with Gasteiger partial charge in [-0.25, -0.2) is 8.42 Å². The topological polar surface area (TPSA) is 83.5 Å². The minimum Gasteiger partial charge on any atom is -0.480 e. The summed E-state index contributed by atoms with van der Waals surface area (Å²) in [5.41, 5.74) is 1.74. The fourth-order valence-electron chi connectivity index (χ4n) is 1.82. The van der Waals surface area contributed by atoms with E-state index in [1.54, 1.807) is 24.3 Å². The summed E-state index contributed by atoms with van der Waals surface area (Å²) in [6.07, 6.45) is 0. The molecule has 0 radical (unpaired) electrons. The molecule has 0 amide bonds. The molecule has 22 heavy (non-hydrogen) atoms. The summed E-state index contributed by atoms with van der Waals surface area (Å²) in [5, 5.41) is 9.39. The first kappa shape index (κ1) is 16.5. The fourth-order valence-corrected chi connectivity index (χ4v) is 3.14. The molecule has 0 aliphatic rings. The summed E-state index contributed by atoms with van der Waals surface area (Å²) in [6, 6.07) is 12.1. The number of halogens is 1. The summed E-state index contributed by atoms with van der Waals surface area (Å²) >= 11 is 5.82. The van der Waals surface area contributed by atoms with E-state index in [0.29, 0.717) is 5.02 Å². The summed E-state index contributed by atoms with van der Waals surface area (Å²) in [6.45, 7) is 1.27. The Morgan fingerprint density at radius 3 is 1.95 bits per heavy atom. The molecule has 1 atom stereocenters. The molecule has 0 heterocycles. The monoisotopic (exact) mass is 339 g/mol. The minimum absolute atomic E-state index is 0.0123. The molecule has 2 aromatic carbocycles. The number of nitrogens with one attached hydrogen (secondary N) is 1. The molecule has 0 bridgehead atoms. The first-order valence-electron chi connectivity index (χ1n) is 6.41. The average Bonchev–Trinajstić information content (AvgIpc) is 2.47. The lowest BCUT2D eigenvalue weighted by Crippen LogP contribution is -2.38. The zero-order valence-corrected chi connectivity index (χ0v) is 13.2. The lowest BCUT2D eigenvalue weighted by atomic mass is 10.1.